The minimum atomic E-state index is -0.354. The molecule has 5 heteroatoms. The van der Waals surface area contributed by atoms with Gasteiger partial charge in [-0.3, -0.25) is 4.79 Å². The van der Waals surface area contributed by atoms with Crippen molar-refractivity contribution in [3.05, 3.63) is 58.6 Å². The quantitative estimate of drug-likeness (QED) is 0.826. The Morgan fingerprint density at radius 3 is 2.69 bits per heavy atom. The number of rotatable bonds is 5. The van der Waals surface area contributed by atoms with Gasteiger partial charge in [-0.2, -0.15) is 0 Å². The molecule has 0 aliphatic carbocycles. The fourth-order valence-corrected chi connectivity index (χ4v) is 3.39. The highest BCUT2D eigenvalue weighted by Gasteiger charge is 2.34. The largest absolute Gasteiger partial charge is 0.497 e. The SMILES string of the molecule is COc1ccc2c(c1)OC(C)(C)C[C@@H]2NC(=O)CCc1ccc(Cl)cc1. The summed E-state index contributed by atoms with van der Waals surface area (Å²) < 4.78 is 11.4. The summed E-state index contributed by atoms with van der Waals surface area (Å²) >= 11 is 5.90. The highest BCUT2D eigenvalue weighted by molar-refractivity contribution is 6.30. The summed E-state index contributed by atoms with van der Waals surface area (Å²) in [5.74, 6) is 1.54. The predicted molar refractivity (Wildman–Crippen MR) is 103 cm³/mol. The van der Waals surface area contributed by atoms with Gasteiger partial charge in [0, 0.05) is 29.5 Å². The minimum Gasteiger partial charge on any atom is -0.497 e. The van der Waals surface area contributed by atoms with Crippen LogP contribution in [-0.4, -0.2) is 18.6 Å². The molecule has 26 heavy (non-hydrogen) atoms. The van der Waals surface area contributed by atoms with Crippen LogP contribution in [0.15, 0.2) is 42.5 Å². The number of fused-ring (bicyclic) bond motifs is 1. The first-order chi connectivity index (χ1) is 12.4. The summed E-state index contributed by atoms with van der Waals surface area (Å²) in [4.78, 5) is 12.5. The molecule has 1 aliphatic rings. The van der Waals surface area contributed by atoms with Gasteiger partial charge in [0.05, 0.1) is 13.2 Å². The van der Waals surface area contributed by atoms with Gasteiger partial charge in [-0.25, -0.2) is 0 Å². The molecule has 0 saturated carbocycles. The molecule has 0 fully saturated rings. The Hall–Kier alpha value is -2.20. The predicted octanol–water partition coefficient (Wildman–Crippen LogP) is 4.70. The molecule has 4 nitrogen and oxygen atoms in total. The first-order valence-corrected chi connectivity index (χ1v) is 9.15. The van der Waals surface area contributed by atoms with E-state index in [1.807, 2.05) is 56.3 Å². The van der Waals surface area contributed by atoms with Gasteiger partial charge < -0.3 is 14.8 Å². The summed E-state index contributed by atoms with van der Waals surface area (Å²) in [6, 6.07) is 13.3. The van der Waals surface area contributed by atoms with E-state index in [1.54, 1.807) is 7.11 Å². The normalized spacial score (nSPS) is 17.8. The average Bonchev–Trinajstić information content (AvgIpc) is 2.59. The highest BCUT2D eigenvalue weighted by Crippen LogP contribution is 2.41. The van der Waals surface area contributed by atoms with Crippen molar-refractivity contribution in [3.8, 4) is 11.5 Å². The standard InChI is InChI=1S/C21H24ClNO3/c1-21(2)13-18(17-10-9-16(25-3)12-19(17)26-21)23-20(24)11-6-14-4-7-15(22)8-5-14/h4-5,7-10,12,18H,6,11,13H2,1-3H3,(H,23,24)/t18-/m0/s1. The van der Waals surface area contributed by atoms with E-state index < -0.39 is 0 Å². The molecule has 0 radical (unpaired) electrons. The lowest BCUT2D eigenvalue weighted by Crippen LogP contribution is -2.41. The maximum Gasteiger partial charge on any atom is 0.220 e. The minimum absolute atomic E-state index is 0.0319. The van der Waals surface area contributed by atoms with Crippen molar-refractivity contribution >= 4 is 17.5 Å². The average molecular weight is 374 g/mol. The lowest BCUT2D eigenvalue weighted by atomic mass is 9.89. The number of hydrogen-bond donors (Lipinski definition) is 1. The van der Waals surface area contributed by atoms with E-state index in [-0.39, 0.29) is 17.6 Å². The van der Waals surface area contributed by atoms with Gasteiger partial charge >= 0.3 is 0 Å². The first-order valence-electron chi connectivity index (χ1n) is 8.77. The second kappa shape index (κ2) is 7.58. The Bertz CT molecular complexity index is 786. The van der Waals surface area contributed by atoms with Gasteiger partial charge in [-0.15, -0.1) is 0 Å². The maximum absolute atomic E-state index is 12.5. The van der Waals surface area contributed by atoms with Gasteiger partial charge in [0.2, 0.25) is 5.91 Å². The third kappa shape index (κ3) is 4.50. The van der Waals surface area contributed by atoms with Crippen LogP contribution in [0.1, 0.15) is 43.9 Å². The van der Waals surface area contributed by atoms with Gasteiger partial charge in [0.15, 0.2) is 0 Å². The number of benzene rings is 2. The van der Waals surface area contributed by atoms with Crippen molar-refractivity contribution in [3.63, 3.8) is 0 Å². The number of hydrogen-bond acceptors (Lipinski definition) is 3. The van der Waals surface area contributed by atoms with E-state index >= 15 is 0 Å². The fraction of sp³-hybridized carbons (Fsp3) is 0.381. The molecule has 138 valence electrons. The lowest BCUT2D eigenvalue weighted by Gasteiger charge is -2.38. The van der Waals surface area contributed by atoms with E-state index in [0.29, 0.717) is 17.9 Å². The van der Waals surface area contributed by atoms with Gasteiger partial charge in [-0.05, 0) is 50.1 Å². The second-order valence-corrected chi connectivity index (χ2v) is 7.65. The molecule has 3 rings (SSSR count). The number of halogens is 1. The van der Waals surface area contributed by atoms with Crippen LogP contribution in [0.2, 0.25) is 5.02 Å². The maximum atomic E-state index is 12.5. The monoisotopic (exact) mass is 373 g/mol. The number of nitrogens with one attached hydrogen (secondary N) is 1. The first kappa shape index (κ1) is 18.6. The summed E-state index contributed by atoms with van der Waals surface area (Å²) in [6.45, 7) is 4.06. The molecule has 0 saturated heterocycles. The summed E-state index contributed by atoms with van der Waals surface area (Å²) in [7, 11) is 1.63. The van der Waals surface area contributed by atoms with Crippen LogP contribution in [0, 0.1) is 0 Å². The van der Waals surface area contributed by atoms with Crippen molar-refractivity contribution in [2.75, 3.05) is 7.11 Å². The Labute approximate surface area is 159 Å². The van der Waals surface area contributed by atoms with Crippen LogP contribution in [0.4, 0.5) is 0 Å². The molecule has 1 atom stereocenters. The molecular weight excluding hydrogens is 350 g/mol. The number of methoxy groups -OCH3 is 1. The van der Waals surface area contributed by atoms with Gasteiger partial charge in [-0.1, -0.05) is 23.7 Å². The van der Waals surface area contributed by atoms with Gasteiger partial charge in [0.25, 0.3) is 0 Å². The smallest absolute Gasteiger partial charge is 0.220 e. The zero-order valence-corrected chi connectivity index (χ0v) is 16.1. The number of carbonyl (C=O) groups excluding carboxylic acids is 1. The fourth-order valence-electron chi connectivity index (χ4n) is 3.26. The highest BCUT2D eigenvalue weighted by atomic mass is 35.5. The Morgan fingerprint density at radius 1 is 1.27 bits per heavy atom. The van der Waals surface area contributed by atoms with Crippen LogP contribution in [0.25, 0.3) is 0 Å². The molecule has 0 spiro atoms. The van der Waals surface area contributed by atoms with E-state index in [2.05, 4.69) is 5.32 Å². The Morgan fingerprint density at radius 2 is 2.00 bits per heavy atom. The van der Waals surface area contributed by atoms with Crippen molar-refractivity contribution < 1.29 is 14.3 Å². The third-order valence-electron chi connectivity index (χ3n) is 4.57. The molecule has 0 bridgehead atoms. The van der Waals surface area contributed by atoms with E-state index in [0.717, 1.165) is 29.0 Å². The van der Waals surface area contributed by atoms with Crippen LogP contribution < -0.4 is 14.8 Å². The molecule has 1 amide bonds. The molecule has 0 unspecified atom stereocenters. The molecule has 0 aromatic heterocycles. The van der Waals surface area contributed by atoms with Crippen LogP contribution in [0.3, 0.4) is 0 Å². The van der Waals surface area contributed by atoms with Crippen molar-refractivity contribution in [2.24, 2.45) is 0 Å². The molecule has 2 aromatic rings. The van der Waals surface area contributed by atoms with E-state index in [1.165, 1.54) is 0 Å². The van der Waals surface area contributed by atoms with E-state index in [9.17, 15) is 4.79 Å². The van der Waals surface area contributed by atoms with Crippen molar-refractivity contribution in [1.29, 1.82) is 0 Å². The molecular formula is C21H24ClNO3. The molecule has 1 aliphatic heterocycles. The number of carbonyl (C=O) groups is 1. The van der Waals surface area contributed by atoms with E-state index in [4.69, 9.17) is 21.1 Å². The van der Waals surface area contributed by atoms with Crippen molar-refractivity contribution in [2.45, 2.75) is 44.8 Å². The van der Waals surface area contributed by atoms with Gasteiger partial charge in [0.1, 0.15) is 17.1 Å². The Balaban J connectivity index is 1.68. The summed E-state index contributed by atoms with van der Waals surface area (Å²) in [5, 5.41) is 3.87. The number of amides is 1. The van der Waals surface area contributed by atoms with Crippen LogP contribution in [0.5, 0.6) is 11.5 Å². The zero-order chi connectivity index (χ0) is 18.7. The zero-order valence-electron chi connectivity index (χ0n) is 15.3. The van der Waals surface area contributed by atoms with Crippen LogP contribution in [-0.2, 0) is 11.2 Å². The number of ether oxygens (including phenoxy) is 2. The van der Waals surface area contributed by atoms with Crippen molar-refractivity contribution in [1.82, 2.24) is 5.32 Å². The second-order valence-electron chi connectivity index (χ2n) is 7.22. The molecule has 2 aromatic carbocycles. The summed E-state index contributed by atoms with van der Waals surface area (Å²) in [5.41, 5.74) is 1.74. The number of aryl methyl sites for hydroxylation is 1. The van der Waals surface area contributed by atoms with Crippen LogP contribution >= 0.6 is 11.6 Å². The molecule has 1 heterocycles. The summed E-state index contributed by atoms with van der Waals surface area (Å²) in [6.07, 6.45) is 1.84. The lowest BCUT2D eigenvalue weighted by molar-refractivity contribution is -0.122. The third-order valence-corrected chi connectivity index (χ3v) is 4.82. The Kier molecular flexibility index (Phi) is 5.42. The topological polar surface area (TPSA) is 47.6 Å². The molecule has 1 N–H and O–H groups in total.